The zero-order valence-corrected chi connectivity index (χ0v) is 14.3. The Morgan fingerprint density at radius 2 is 1.75 bits per heavy atom. The molecule has 5 heteroatoms. The van der Waals surface area contributed by atoms with Crippen LogP contribution in [0.1, 0.15) is 11.1 Å². The summed E-state index contributed by atoms with van der Waals surface area (Å²) in [6.45, 7) is 0.807. The number of aromatic nitrogens is 1. The maximum Gasteiger partial charge on any atom is 0.254 e. The molecule has 0 bridgehead atoms. The van der Waals surface area contributed by atoms with Gasteiger partial charge >= 0.3 is 0 Å². The Morgan fingerprint density at radius 1 is 0.958 bits per heavy atom. The number of hydrogen-bond donors (Lipinski definition) is 0. The maximum atomic E-state index is 12.2. The van der Waals surface area contributed by atoms with Crippen LogP contribution in [0.3, 0.4) is 0 Å². The number of hydrogen-bond acceptors (Lipinski definition) is 2. The molecule has 0 aliphatic carbocycles. The highest BCUT2D eigenvalue weighted by Crippen LogP contribution is 2.22. The lowest BCUT2D eigenvalue weighted by Crippen LogP contribution is -2.19. The molecule has 0 saturated carbocycles. The standard InChI is InChI=1S/C19H15Cl2NO2/c20-16-7-6-15(18(21)10-16)13-24-17-8-9-22(19(23)11-17)12-14-4-2-1-3-5-14/h1-11H,12-13H2. The highest BCUT2D eigenvalue weighted by atomic mass is 35.5. The van der Waals surface area contributed by atoms with Gasteiger partial charge in [0, 0.05) is 27.9 Å². The summed E-state index contributed by atoms with van der Waals surface area (Å²) in [5, 5.41) is 1.12. The molecule has 0 radical (unpaired) electrons. The van der Waals surface area contributed by atoms with E-state index in [4.69, 9.17) is 27.9 Å². The van der Waals surface area contributed by atoms with E-state index in [0.29, 0.717) is 22.3 Å². The second-order valence-corrected chi connectivity index (χ2v) is 6.18. The highest BCUT2D eigenvalue weighted by molar-refractivity contribution is 6.35. The number of pyridine rings is 1. The summed E-state index contributed by atoms with van der Waals surface area (Å²) < 4.78 is 7.29. The summed E-state index contributed by atoms with van der Waals surface area (Å²) in [7, 11) is 0. The highest BCUT2D eigenvalue weighted by Gasteiger charge is 2.04. The van der Waals surface area contributed by atoms with Gasteiger partial charge in [0.25, 0.3) is 5.56 Å². The van der Waals surface area contributed by atoms with Crippen molar-refractivity contribution in [3.05, 3.63) is 98.4 Å². The van der Waals surface area contributed by atoms with Crippen molar-refractivity contribution in [2.45, 2.75) is 13.2 Å². The fraction of sp³-hybridized carbons (Fsp3) is 0.105. The zero-order chi connectivity index (χ0) is 16.9. The maximum absolute atomic E-state index is 12.2. The van der Waals surface area contributed by atoms with Gasteiger partial charge < -0.3 is 9.30 Å². The molecule has 2 aromatic carbocycles. The van der Waals surface area contributed by atoms with Crippen LogP contribution in [0.15, 0.2) is 71.7 Å². The van der Waals surface area contributed by atoms with E-state index in [9.17, 15) is 4.79 Å². The van der Waals surface area contributed by atoms with E-state index in [1.54, 1.807) is 35.0 Å². The molecule has 0 spiro atoms. The Bertz CT molecular complexity index is 891. The molecule has 3 nitrogen and oxygen atoms in total. The van der Waals surface area contributed by atoms with Gasteiger partial charge in [-0.3, -0.25) is 4.79 Å². The smallest absolute Gasteiger partial charge is 0.254 e. The van der Waals surface area contributed by atoms with E-state index in [-0.39, 0.29) is 12.2 Å². The first-order chi connectivity index (χ1) is 11.6. The average molecular weight is 360 g/mol. The third kappa shape index (κ3) is 4.19. The van der Waals surface area contributed by atoms with Crippen LogP contribution < -0.4 is 10.3 Å². The lowest BCUT2D eigenvalue weighted by molar-refractivity contribution is 0.305. The summed E-state index contributed by atoms with van der Waals surface area (Å²) in [5.74, 6) is 0.510. The van der Waals surface area contributed by atoms with Crippen molar-refractivity contribution in [3.63, 3.8) is 0 Å². The second-order valence-electron chi connectivity index (χ2n) is 5.34. The second kappa shape index (κ2) is 7.56. The Balaban J connectivity index is 1.69. The van der Waals surface area contributed by atoms with Gasteiger partial charge in [0.1, 0.15) is 12.4 Å². The van der Waals surface area contributed by atoms with Crippen molar-refractivity contribution >= 4 is 23.2 Å². The minimum Gasteiger partial charge on any atom is -0.489 e. The van der Waals surface area contributed by atoms with Gasteiger partial charge in [-0.2, -0.15) is 0 Å². The normalized spacial score (nSPS) is 10.6. The number of ether oxygens (including phenoxy) is 1. The van der Waals surface area contributed by atoms with E-state index in [1.807, 2.05) is 30.3 Å². The molecule has 0 unspecified atom stereocenters. The number of benzene rings is 2. The van der Waals surface area contributed by atoms with E-state index < -0.39 is 0 Å². The van der Waals surface area contributed by atoms with Gasteiger partial charge in [-0.15, -0.1) is 0 Å². The topological polar surface area (TPSA) is 31.2 Å². The third-order valence-electron chi connectivity index (χ3n) is 3.57. The van der Waals surface area contributed by atoms with E-state index >= 15 is 0 Å². The molecule has 0 fully saturated rings. The minimum atomic E-state index is -0.112. The molecule has 3 aromatic rings. The Morgan fingerprint density at radius 3 is 2.46 bits per heavy atom. The van der Waals surface area contributed by atoms with Gasteiger partial charge in [-0.1, -0.05) is 59.6 Å². The largest absolute Gasteiger partial charge is 0.489 e. The van der Waals surface area contributed by atoms with Gasteiger partial charge in [0.05, 0.1) is 6.54 Å². The van der Waals surface area contributed by atoms with Crippen LogP contribution in [0.4, 0.5) is 0 Å². The van der Waals surface area contributed by atoms with Crippen molar-refractivity contribution in [1.82, 2.24) is 4.57 Å². The molecule has 0 N–H and O–H groups in total. The summed E-state index contributed by atoms with van der Waals surface area (Å²) in [6, 6.07) is 18.3. The lowest BCUT2D eigenvalue weighted by atomic mass is 10.2. The van der Waals surface area contributed by atoms with Crippen LogP contribution in [0.5, 0.6) is 5.75 Å². The number of rotatable bonds is 5. The van der Waals surface area contributed by atoms with Crippen molar-refractivity contribution in [1.29, 1.82) is 0 Å². The summed E-state index contributed by atoms with van der Waals surface area (Å²) >= 11 is 12.0. The zero-order valence-electron chi connectivity index (χ0n) is 12.8. The van der Waals surface area contributed by atoms with Gasteiger partial charge in [0.2, 0.25) is 0 Å². The molecule has 1 aromatic heterocycles. The molecule has 0 amide bonds. The minimum absolute atomic E-state index is 0.112. The van der Waals surface area contributed by atoms with Crippen molar-refractivity contribution in [2.75, 3.05) is 0 Å². The lowest BCUT2D eigenvalue weighted by Gasteiger charge is -2.10. The van der Waals surface area contributed by atoms with Crippen LogP contribution in [-0.4, -0.2) is 4.57 Å². The first kappa shape index (κ1) is 16.6. The Hall–Kier alpha value is -2.23. The van der Waals surface area contributed by atoms with Crippen molar-refractivity contribution < 1.29 is 4.74 Å². The molecule has 122 valence electrons. The molecule has 0 atom stereocenters. The van der Waals surface area contributed by atoms with E-state index in [2.05, 4.69) is 0 Å². The molecule has 0 saturated heterocycles. The fourth-order valence-corrected chi connectivity index (χ4v) is 2.75. The SMILES string of the molecule is O=c1cc(OCc2ccc(Cl)cc2Cl)ccn1Cc1ccccc1. The van der Waals surface area contributed by atoms with Gasteiger partial charge in [-0.05, 0) is 23.8 Å². The number of halogens is 2. The molecule has 3 rings (SSSR count). The summed E-state index contributed by atoms with van der Waals surface area (Å²) in [4.78, 5) is 12.2. The van der Waals surface area contributed by atoms with Crippen LogP contribution in [0, 0.1) is 0 Å². The first-order valence-electron chi connectivity index (χ1n) is 7.43. The van der Waals surface area contributed by atoms with Crippen LogP contribution >= 0.6 is 23.2 Å². The summed E-state index contributed by atoms with van der Waals surface area (Å²) in [6.07, 6.45) is 1.73. The molecule has 1 heterocycles. The monoisotopic (exact) mass is 359 g/mol. The van der Waals surface area contributed by atoms with Crippen molar-refractivity contribution in [2.24, 2.45) is 0 Å². The molecular formula is C19H15Cl2NO2. The predicted molar refractivity (Wildman–Crippen MR) is 97.0 cm³/mol. The van der Waals surface area contributed by atoms with Gasteiger partial charge in [0.15, 0.2) is 0 Å². The van der Waals surface area contributed by atoms with Crippen LogP contribution in [-0.2, 0) is 13.2 Å². The van der Waals surface area contributed by atoms with Crippen LogP contribution in [0.2, 0.25) is 10.0 Å². The molecular weight excluding hydrogens is 345 g/mol. The van der Waals surface area contributed by atoms with Gasteiger partial charge in [-0.25, -0.2) is 0 Å². The Kier molecular flexibility index (Phi) is 5.24. The average Bonchev–Trinajstić information content (AvgIpc) is 2.57. The third-order valence-corrected chi connectivity index (χ3v) is 4.16. The van der Waals surface area contributed by atoms with Crippen LogP contribution in [0.25, 0.3) is 0 Å². The van der Waals surface area contributed by atoms with E-state index in [1.165, 1.54) is 6.07 Å². The quantitative estimate of drug-likeness (QED) is 0.656. The fourth-order valence-electron chi connectivity index (χ4n) is 2.29. The van der Waals surface area contributed by atoms with E-state index in [0.717, 1.165) is 11.1 Å². The predicted octanol–water partition coefficient (Wildman–Crippen LogP) is 4.78. The Labute approximate surface area is 150 Å². The number of nitrogens with zero attached hydrogens (tertiary/aromatic N) is 1. The summed E-state index contributed by atoms with van der Waals surface area (Å²) in [5.41, 5.74) is 1.77. The van der Waals surface area contributed by atoms with Crippen molar-refractivity contribution in [3.8, 4) is 5.75 Å². The molecule has 0 aliphatic rings. The first-order valence-corrected chi connectivity index (χ1v) is 8.18. The molecule has 24 heavy (non-hydrogen) atoms. The molecule has 0 aliphatic heterocycles.